The van der Waals surface area contributed by atoms with Crippen LogP contribution in [0.5, 0.6) is 0 Å². The van der Waals surface area contributed by atoms with Crippen molar-refractivity contribution < 1.29 is 4.79 Å². The second-order valence-electron chi connectivity index (χ2n) is 9.68. The van der Waals surface area contributed by atoms with E-state index >= 15 is 0 Å². The summed E-state index contributed by atoms with van der Waals surface area (Å²) in [6.07, 6.45) is 16.0. The first-order valence-corrected chi connectivity index (χ1v) is 11.9. The molecule has 3 fully saturated rings. The van der Waals surface area contributed by atoms with Crippen LogP contribution in [0.4, 0.5) is 0 Å². The maximum Gasteiger partial charge on any atom is 0.254 e. The van der Waals surface area contributed by atoms with Gasteiger partial charge in [0.15, 0.2) is 5.96 Å². The van der Waals surface area contributed by atoms with Gasteiger partial charge in [-0.2, -0.15) is 0 Å². The third-order valence-electron chi connectivity index (χ3n) is 7.43. The van der Waals surface area contributed by atoms with Gasteiger partial charge >= 0.3 is 0 Å². The molecule has 2 saturated heterocycles. The number of nitrogens with zero attached hydrogens (tertiary/aromatic N) is 2. The zero-order valence-electron chi connectivity index (χ0n) is 18.3. The summed E-state index contributed by atoms with van der Waals surface area (Å²) in [6.45, 7) is 5.81. The van der Waals surface area contributed by atoms with Gasteiger partial charge in [-0.1, -0.05) is 51.9 Å². The number of guanidine groups is 1. The largest absolute Gasteiger partial charge is 0.342 e. The first-order chi connectivity index (χ1) is 13.5. The summed E-state index contributed by atoms with van der Waals surface area (Å²) in [7, 11) is 1.76. The highest BCUT2D eigenvalue weighted by Crippen LogP contribution is 2.36. The van der Waals surface area contributed by atoms with E-state index in [0.29, 0.717) is 11.9 Å². The first kappa shape index (κ1) is 21.6. The number of hydrogen-bond acceptors (Lipinski definition) is 3. The fourth-order valence-corrected chi connectivity index (χ4v) is 5.72. The minimum atomic E-state index is -0.527. The number of amides is 1. The van der Waals surface area contributed by atoms with Gasteiger partial charge in [0.05, 0.1) is 0 Å². The van der Waals surface area contributed by atoms with E-state index in [1.165, 1.54) is 77.3 Å². The lowest BCUT2D eigenvalue weighted by atomic mass is 9.77. The highest BCUT2D eigenvalue weighted by Gasteiger charge is 2.49. The highest BCUT2D eigenvalue weighted by atomic mass is 16.2. The Hall–Kier alpha value is -1.10. The lowest BCUT2D eigenvalue weighted by Gasteiger charge is -2.38. The van der Waals surface area contributed by atoms with Crippen LogP contribution in [0.2, 0.25) is 0 Å². The Bertz CT molecular complexity index is 531. The molecule has 2 N–H and O–H groups in total. The molecule has 0 bridgehead atoms. The normalized spacial score (nSPS) is 30.1. The van der Waals surface area contributed by atoms with Crippen LogP contribution in [0.1, 0.15) is 90.4 Å². The molecule has 3 rings (SSSR count). The zero-order valence-corrected chi connectivity index (χ0v) is 18.3. The second kappa shape index (κ2) is 10.1. The Morgan fingerprint density at radius 2 is 1.86 bits per heavy atom. The van der Waals surface area contributed by atoms with E-state index in [1.807, 2.05) is 0 Å². The molecule has 3 aliphatic rings. The van der Waals surface area contributed by atoms with Crippen LogP contribution in [0.3, 0.4) is 0 Å². The number of unbranched alkanes of at least 4 members (excludes halogenated alkanes) is 2. The predicted octanol–water partition coefficient (Wildman–Crippen LogP) is 4.37. The molecule has 1 unspecified atom stereocenters. The molecule has 2 heterocycles. The highest BCUT2D eigenvalue weighted by molar-refractivity contribution is 6.07. The van der Waals surface area contributed by atoms with E-state index in [0.717, 1.165) is 31.7 Å². The van der Waals surface area contributed by atoms with Gasteiger partial charge < -0.3 is 10.2 Å². The third-order valence-corrected chi connectivity index (χ3v) is 7.43. The summed E-state index contributed by atoms with van der Waals surface area (Å²) in [5.41, 5.74) is -0.527. The van der Waals surface area contributed by atoms with Crippen molar-refractivity contribution in [2.24, 2.45) is 11.8 Å². The monoisotopic (exact) mass is 390 g/mol. The standard InChI is InChI=1S/C23H42N4O/c1-3-4-8-15-27-16-9-12-20(18-27)17-23(21(28)26(2)22(24)25-23)14-13-19-10-6-5-7-11-19/h19-20H,3-18H2,1-2H3,(H2,24,25)/t20?,23-/m1/s1. The summed E-state index contributed by atoms with van der Waals surface area (Å²) in [5, 5.41) is 11.6. The molecule has 0 aromatic heterocycles. The molecule has 160 valence electrons. The van der Waals surface area contributed by atoms with E-state index in [-0.39, 0.29) is 5.91 Å². The third kappa shape index (κ3) is 5.28. The number of hydrogen-bond donors (Lipinski definition) is 2. The van der Waals surface area contributed by atoms with Crippen molar-refractivity contribution in [3.05, 3.63) is 0 Å². The van der Waals surface area contributed by atoms with Gasteiger partial charge in [0.2, 0.25) is 0 Å². The molecule has 2 aliphatic heterocycles. The van der Waals surface area contributed by atoms with E-state index < -0.39 is 5.54 Å². The maximum absolute atomic E-state index is 13.2. The number of piperidine rings is 1. The van der Waals surface area contributed by atoms with E-state index in [1.54, 1.807) is 11.9 Å². The maximum atomic E-state index is 13.2. The Labute approximate surface area is 172 Å². The molecule has 0 aromatic rings. The summed E-state index contributed by atoms with van der Waals surface area (Å²) < 4.78 is 0. The van der Waals surface area contributed by atoms with Crippen molar-refractivity contribution in [1.82, 2.24) is 15.1 Å². The van der Waals surface area contributed by atoms with Crippen molar-refractivity contribution in [2.75, 3.05) is 26.7 Å². The number of likely N-dealkylation sites (tertiary alicyclic amines) is 1. The second-order valence-corrected chi connectivity index (χ2v) is 9.68. The number of carbonyl (C=O) groups excluding carboxylic acids is 1. The summed E-state index contributed by atoms with van der Waals surface area (Å²) >= 11 is 0. The molecule has 5 heteroatoms. The topological polar surface area (TPSA) is 59.4 Å². The quantitative estimate of drug-likeness (QED) is 0.575. The molecule has 28 heavy (non-hydrogen) atoms. The zero-order chi connectivity index (χ0) is 20.0. The van der Waals surface area contributed by atoms with Crippen molar-refractivity contribution in [2.45, 2.75) is 95.9 Å². The van der Waals surface area contributed by atoms with Crippen LogP contribution >= 0.6 is 0 Å². The smallest absolute Gasteiger partial charge is 0.254 e. The Morgan fingerprint density at radius 3 is 2.54 bits per heavy atom. The molecule has 0 aromatic carbocycles. The molecular weight excluding hydrogens is 348 g/mol. The lowest BCUT2D eigenvalue weighted by molar-refractivity contribution is -0.131. The molecule has 2 atom stereocenters. The molecule has 1 aliphatic carbocycles. The average Bonchev–Trinajstić information content (AvgIpc) is 2.92. The lowest BCUT2D eigenvalue weighted by Crippen LogP contribution is -2.50. The number of rotatable bonds is 9. The SMILES string of the molecule is CCCCCN1CCCC(C[C@@]2(CCC3CCCCC3)NC(=N)N(C)C2=O)C1. The number of likely N-dealkylation sites (N-methyl/N-ethyl adjacent to an activating group) is 1. The summed E-state index contributed by atoms with van der Waals surface area (Å²) in [5.74, 6) is 1.77. The first-order valence-electron chi connectivity index (χ1n) is 11.9. The van der Waals surface area contributed by atoms with Crippen LogP contribution in [0.25, 0.3) is 0 Å². The summed E-state index contributed by atoms with van der Waals surface area (Å²) in [4.78, 5) is 17.3. The minimum absolute atomic E-state index is 0.136. The van der Waals surface area contributed by atoms with Crippen molar-refractivity contribution in [3.8, 4) is 0 Å². The average molecular weight is 391 g/mol. The van der Waals surface area contributed by atoms with Crippen molar-refractivity contribution >= 4 is 11.9 Å². The van der Waals surface area contributed by atoms with Gasteiger partial charge in [-0.15, -0.1) is 0 Å². The van der Waals surface area contributed by atoms with E-state index in [4.69, 9.17) is 5.41 Å². The Morgan fingerprint density at radius 1 is 1.11 bits per heavy atom. The van der Waals surface area contributed by atoms with Gasteiger partial charge in [0.25, 0.3) is 5.91 Å². The van der Waals surface area contributed by atoms with Gasteiger partial charge in [-0.05, 0) is 63.5 Å². The molecule has 5 nitrogen and oxygen atoms in total. The predicted molar refractivity (Wildman–Crippen MR) is 115 cm³/mol. The Kier molecular flexibility index (Phi) is 7.78. The molecule has 0 spiro atoms. The van der Waals surface area contributed by atoms with Crippen LogP contribution < -0.4 is 5.32 Å². The minimum Gasteiger partial charge on any atom is -0.342 e. The molecular formula is C23H42N4O. The van der Waals surface area contributed by atoms with Crippen molar-refractivity contribution in [1.29, 1.82) is 5.41 Å². The van der Waals surface area contributed by atoms with Gasteiger partial charge in [0, 0.05) is 13.6 Å². The van der Waals surface area contributed by atoms with Crippen LogP contribution in [-0.4, -0.2) is 53.9 Å². The van der Waals surface area contributed by atoms with Gasteiger partial charge in [0.1, 0.15) is 5.54 Å². The number of nitrogens with one attached hydrogen (secondary N) is 2. The number of carbonyl (C=O) groups is 1. The van der Waals surface area contributed by atoms with E-state index in [2.05, 4.69) is 17.1 Å². The van der Waals surface area contributed by atoms with Crippen LogP contribution in [0, 0.1) is 17.2 Å². The molecule has 1 amide bonds. The van der Waals surface area contributed by atoms with Crippen LogP contribution in [-0.2, 0) is 4.79 Å². The molecule has 0 radical (unpaired) electrons. The van der Waals surface area contributed by atoms with E-state index in [9.17, 15) is 4.79 Å². The van der Waals surface area contributed by atoms with Gasteiger partial charge in [-0.25, -0.2) is 0 Å². The molecule has 1 saturated carbocycles. The summed E-state index contributed by atoms with van der Waals surface area (Å²) in [6, 6.07) is 0. The van der Waals surface area contributed by atoms with Crippen molar-refractivity contribution in [3.63, 3.8) is 0 Å². The Balaban J connectivity index is 1.62. The van der Waals surface area contributed by atoms with Gasteiger partial charge in [-0.3, -0.25) is 15.1 Å². The van der Waals surface area contributed by atoms with Crippen LogP contribution in [0.15, 0.2) is 0 Å². The fourth-order valence-electron chi connectivity index (χ4n) is 5.72. The fraction of sp³-hybridized carbons (Fsp3) is 0.913.